The van der Waals surface area contributed by atoms with Crippen LogP contribution < -0.4 is 5.32 Å². The van der Waals surface area contributed by atoms with Crippen LogP contribution in [0.5, 0.6) is 0 Å². The molecule has 11 aromatic rings. The van der Waals surface area contributed by atoms with Crippen molar-refractivity contribution in [3.8, 4) is 11.4 Å². The zero-order valence-electron chi connectivity index (χ0n) is 29.6. The smallest absolute Gasteiger partial charge is 0.137 e. The number of hydrogen-bond acceptors (Lipinski definition) is 3. The van der Waals surface area contributed by atoms with Gasteiger partial charge in [-0.2, -0.15) is 0 Å². The van der Waals surface area contributed by atoms with Crippen LogP contribution in [0.4, 0.5) is 5.69 Å². The third-order valence-electron chi connectivity index (χ3n) is 11.4. The SMILES string of the molecule is c1ccc(C2NC(c3cccc(-n4c5ccc6c7ccccc7n(-c7ccccc7)c6c5c5ccc6oc7ccccc7c6c54)c3)=Nc3ccccc32)cc1. The minimum atomic E-state index is -0.0214. The van der Waals surface area contributed by atoms with Gasteiger partial charge in [-0.15, -0.1) is 0 Å². The molecule has 0 aliphatic carbocycles. The van der Waals surface area contributed by atoms with Crippen LogP contribution in [0.25, 0.3) is 76.9 Å². The third-order valence-corrected chi connectivity index (χ3v) is 11.4. The van der Waals surface area contributed by atoms with Crippen LogP contribution in [-0.4, -0.2) is 15.0 Å². The van der Waals surface area contributed by atoms with Crippen molar-refractivity contribution in [3.63, 3.8) is 0 Å². The van der Waals surface area contributed by atoms with Crippen molar-refractivity contribution in [1.82, 2.24) is 14.5 Å². The van der Waals surface area contributed by atoms with Crippen LogP contribution in [0.1, 0.15) is 22.7 Å². The van der Waals surface area contributed by atoms with Crippen molar-refractivity contribution in [2.24, 2.45) is 4.99 Å². The van der Waals surface area contributed by atoms with Gasteiger partial charge in [-0.1, -0.05) is 121 Å². The van der Waals surface area contributed by atoms with E-state index in [0.717, 1.165) is 61.4 Å². The van der Waals surface area contributed by atoms with E-state index in [0.29, 0.717) is 0 Å². The summed E-state index contributed by atoms with van der Waals surface area (Å²) in [4.78, 5) is 5.21. The Hall–Kier alpha value is -7.37. The molecule has 8 aromatic carbocycles. The molecular weight excluding hydrogens is 673 g/mol. The van der Waals surface area contributed by atoms with Gasteiger partial charge in [-0.05, 0) is 66.2 Å². The van der Waals surface area contributed by atoms with Gasteiger partial charge in [0.15, 0.2) is 0 Å². The van der Waals surface area contributed by atoms with Crippen molar-refractivity contribution in [2.75, 3.05) is 0 Å². The highest BCUT2D eigenvalue weighted by molar-refractivity contribution is 6.31. The number of amidine groups is 1. The second kappa shape index (κ2) is 11.6. The molecule has 12 rings (SSSR count). The standard InChI is InChI=1S/C50H32N4O/c1-3-14-31(15-4-1)47-37-21-7-10-23-40(37)51-50(52-47)32-16-13-19-34(30-32)54-42-28-26-36-35-20-8-11-24-41(35)53(33-17-5-2-6-18-33)48(36)45(42)39-27-29-44-46(49(39)54)38-22-9-12-25-43(38)55-44/h1-30,47H,(H,51,52). The summed E-state index contributed by atoms with van der Waals surface area (Å²) in [6.07, 6.45) is 0. The molecule has 5 heteroatoms. The van der Waals surface area contributed by atoms with Gasteiger partial charge in [0.05, 0.1) is 39.2 Å². The number of hydrogen-bond donors (Lipinski definition) is 1. The van der Waals surface area contributed by atoms with Crippen LogP contribution in [0.2, 0.25) is 0 Å². The van der Waals surface area contributed by atoms with E-state index in [1.165, 1.54) is 43.7 Å². The summed E-state index contributed by atoms with van der Waals surface area (Å²) in [7, 11) is 0. The van der Waals surface area contributed by atoms with Gasteiger partial charge in [0, 0.05) is 49.4 Å². The lowest BCUT2D eigenvalue weighted by atomic mass is 9.95. The van der Waals surface area contributed by atoms with Crippen LogP contribution in [0.3, 0.4) is 0 Å². The number of nitrogens with zero attached hydrogens (tertiary/aromatic N) is 3. The molecule has 0 radical (unpaired) electrons. The molecule has 0 saturated carbocycles. The molecule has 0 fully saturated rings. The maximum atomic E-state index is 6.53. The first-order valence-electron chi connectivity index (χ1n) is 18.8. The summed E-state index contributed by atoms with van der Waals surface area (Å²) in [6, 6.07) is 64.7. The van der Waals surface area contributed by atoms with Crippen molar-refractivity contribution in [2.45, 2.75) is 6.04 Å². The van der Waals surface area contributed by atoms with E-state index in [1.807, 2.05) is 6.07 Å². The molecule has 55 heavy (non-hydrogen) atoms. The Labute approximate surface area is 316 Å². The average molecular weight is 705 g/mol. The number of benzene rings is 8. The predicted molar refractivity (Wildman–Crippen MR) is 226 cm³/mol. The van der Waals surface area contributed by atoms with Gasteiger partial charge in [-0.3, -0.25) is 0 Å². The fraction of sp³-hybridized carbons (Fsp3) is 0.0200. The van der Waals surface area contributed by atoms with Crippen molar-refractivity contribution in [1.29, 1.82) is 0 Å². The molecule has 0 spiro atoms. The van der Waals surface area contributed by atoms with Gasteiger partial charge in [0.1, 0.15) is 17.0 Å². The van der Waals surface area contributed by atoms with Crippen molar-refractivity contribution < 1.29 is 4.42 Å². The normalized spacial score (nSPS) is 14.3. The number of aromatic nitrogens is 2. The summed E-state index contributed by atoms with van der Waals surface area (Å²) in [5.74, 6) is 0.848. The average Bonchev–Trinajstić information content (AvgIpc) is 3.91. The number of para-hydroxylation sites is 4. The predicted octanol–water partition coefficient (Wildman–Crippen LogP) is 12.6. The Balaban J connectivity index is 1.18. The molecule has 1 aliphatic heterocycles. The highest BCUT2D eigenvalue weighted by Crippen LogP contribution is 2.46. The van der Waals surface area contributed by atoms with E-state index < -0.39 is 0 Å². The molecule has 4 heterocycles. The second-order valence-electron chi connectivity index (χ2n) is 14.4. The highest BCUT2D eigenvalue weighted by atomic mass is 16.3. The quantitative estimate of drug-likeness (QED) is 0.198. The maximum Gasteiger partial charge on any atom is 0.137 e. The van der Waals surface area contributed by atoms with Gasteiger partial charge in [0.25, 0.3) is 0 Å². The molecule has 3 aromatic heterocycles. The molecule has 1 aliphatic rings. The molecule has 5 nitrogen and oxygen atoms in total. The van der Waals surface area contributed by atoms with E-state index in [1.54, 1.807) is 0 Å². The molecule has 0 saturated heterocycles. The van der Waals surface area contributed by atoms with Gasteiger partial charge in [0.2, 0.25) is 0 Å². The zero-order valence-corrected chi connectivity index (χ0v) is 29.6. The summed E-state index contributed by atoms with van der Waals surface area (Å²) in [5, 5.41) is 10.9. The van der Waals surface area contributed by atoms with Crippen LogP contribution in [-0.2, 0) is 0 Å². The lowest BCUT2D eigenvalue weighted by molar-refractivity contribution is 0.669. The molecule has 1 atom stereocenters. The van der Waals surface area contributed by atoms with E-state index >= 15 is 0 Å². The minimum absolute atomic E-state index is 0.0214. The molecule has 1 N–H and O–H groups in total. The van der Waals surface area contributed by atoms with Crippen molar-refractivity contribution >= 4 is 77.1 Å². The summed E-state index contributed by atoms with van der Waals surface area (Å²) in [5.41, 5.74) is 12.9. The zero-order chi connectivity index (χ0) is 36.0. The van der Waals surface area contributed by atoms with Crippen LogP contribution in [0.15, 0.2) is 191 Å². The number of fused-ring (bicyclic) bond motifs is 12. The van der Waals surface area contributed by atoms with E-state index in [9.17, 15) is 0 Å². The Bertz CT molecular complexity index is 3350. The molecular formula is C50H32N4O. The first-order valence-corrected chi connectivity index (χ1v) is 18.8. The van der Waals surface area contributed by atoms with Crippen LogP contribution in [0, 0.1) is 0 Å². The fourth-order valence-corrected chi connectivity index (χ4v) is 9.01. The number of furan rings is 1. The Morgan fingerprint density at radius 3 is 2.05 bits per heavy atom. The highest BCUT2D eigenvalue weighted by Gasteiger charge is 2.26. The summed E-state index contributed by atoms with van der Waals surface area (Å²) < 4.78 is 11.4. The van der Waals surface area contributed by atoms with E-state index in [-0.39, 0.29) is 6.04 Å². The Morgan fingerprint density at radius 2 is 1.16 bits per heavy atom. The third kappa shape index (κ3) is 4.38. The fourth-order valence-electron chi connectivity index (χ4n) is 9.01. The summed E-state index contributed by atoms with van der Waals surface area (Å²) >= 11 is 0. The van der Waals surface area contributed by atoms with Gasteiger partial charge >= 0.3 is 0 Å². The van der Waals surface area contributed by atoms with E-state index in [2.05, 4.69) is 190 Å². The molecule has 258 valence electrons. The Morgan fingerprint density at radius 1 is 0.473 bits per heavy atom. The lowest BCUT2D eigenvalue weighted by Gasteiger charge is -2.28. The van der Waals surface area contributed by atoms with E-state index in [4.69, 9.17) is 9.41 Å². The lowest BCUT2D eigenvalue weighted by Crippen LogP contribution is -2.32. The summed E-state index contributed by atoms with van der Waals surface area (Å²) in [6.45, 7) is 0. The van der Waals surface area contributed by atoms with Crippen molar-refractivity contribution in [3.05, 3.63) is 199 Å². The largest absolute Gasteiger partial charge is 0.456 e. The van der Waals surface area contributed by atoms with Gasteiger partial charge < -0.3 is 18.9 Å². The Kier molecular flexibility index (Phi) is 6.33. The first-order chi connectivity index (χ1) is 27.3. The second-order valence-corrected chi connectivity index (χ2v) is 14.4. The monoisotopic (exact) mass is 704 g/mol. The van der Waals surface area contributed by atoms with Gasteiger partial charge in [-0.25, -0.2) is 4.99 Å². The molecule has 0 bridgehead atoms. The maximum absolute atomic E-state index is 6.53. The number of nitrogens with one attached hydrogen (secondary N) is 1. The number of rotatable bonds is 4. The minimum Gasteiger partial charge on any atom is -0.456 e. The molecule has 1 unspecified atom stereocenters. The number of aliphatic imine (C=N–C) groups is 1. The van der Waals surface area contributed by atoms with Crippen LogP contribution >= 0.6 is 0 Å². The molecule has 0 amide bonds. The first kappa shape index (κ1) is 30.1. The topological polar surface area (TPSA) is 47.4 Å².